The molecule has 0 N–H and O–H groups in total. The van der Waals surface area contributed by atoms with Gasteiger partial charge in [-0.05, 0) is 32.3 Å². The van der Waals surface area contributed by atoms with Gasteiger partial charge in [0.1, 0.15) is 5.78 Å². The van der Waals surface area contributed by atoms with Gasteiger partial charge in [-0.3, -0.25) is 9.59 Å². The number of rotatable bonds is 4. The van der Waals surface area contributed by atoms with E-state index in [1.807, 2.05) is 13.8 Å². The van der Waals surface area contributed by atoms with Gasteiger partial charge in [-0.15, -0.1) is 0 Å². The number of carbonyl (C=O) groups excluding carboxylic acids is 2. The van der Waals surface area contributed by atoms with Crippen LogP contribution in [0.2, 0.25) is 0 Å². The molecule has 1 aliphatic rings. The Morgan fingerprint density at radius 2 is 1.75 bits per heavy atom. The summed E-state index contributed by atoms with van der Waals surface area (Å²) in [5.74, 6) is 0.123. The molecule has 0 amide bonds. The van der Waals surface area contributed by atoms with E-state index in [0.717, 1.165) is 25.7 Å². The van der Waals surface area contributed by atoms with Crippen LogP contribution in [-0.2, 0) is 9.59 Å². The molecule has 0 heterocycles. The van der Waals surface area contributed by atoms with Crippen molar-refractivity contribution >= 4 is 11.6 Å². The fourth-order valence-electron chi connectivity index (χ4n) is 2.27. The minimum absolute atomic E-state index is 0.0145. The molecular formula is C14H22O2. The Morgan fingerprint density at radius 3 is 2.25 bits per heavy atom. The molecule has 0 aromatic rings. The monoisotopic (exact) mass is 222 g/mol. The van der Waals surface area contributed by atoms with Crippen LogP contribution in [0.3, 0.4) is 0 Å². The van der Waals surface area contributed by atoms with Gasteiger partial charge in [0, 0.05) is 5.41 Å². The molecule has 0 unspecified atom stereocenters. The lowest BCUT2D eigenvalue weighted by Crippen LogP contribution is -2.31. The van der Waals surface area contributed by atoms with Crippen molar-refractivity contribution in [1.82, 2.24) is 0 Å². The highest BCUT2D eigenvalue weighted by atomic mass is 16.1. The molecule has 16 heavy (non-hydrogen) atoms. The van der Waals surface area contributed by atoms with Gasteiger partial charge in [0.05, 0.1) is 6.42 Å². The molecule has 0 radical (unpaired) electrons. The molecular weight excluding hydrogens is 200 g/mol. The lowest BCUT2D eigenvalue weighted by Gasteiger charge is -2.31. The fraction of sp³-hybridized carbons (Fsp3) is 0.714. The molecule has 2 nitrogen and oxygen atoms in total. The number of ketones is 2. The second-order valence-corrected chi connectivity index (χ2v) is 5.12. The number of hydrogen-bond donors (Lipinski definition) is 0. The molecule has 0 spiro atoms. The summed E-state index contributed by atoms with van der Waals surface area (Å²) >= 11 is 0. The summed E-state index contributed by atoms with van der Waals surface area (Å²) in [6, 6.07) is 0. The highest BCUT2D eigenvalue weighted by molar-refractivity contribution is 6.08. The van der Waals surface area contributed by atoms with Crippen molar-refractivity contribution in [2.24, 2.45) is 5.41 Å². The maximum absolute atomic E-state index is 12.1. The lowest BCUT2D eigenvalue weighted by molar-refractivity contribution is -0.133. The Hall–Kier alpha value is -0.920. The van der Waals surface area contributed by atoms with E-state index in [1.54, 1.807) is 13.0 Å². The summed E-state index contributed by atoms with van der Waals surface area (Å²) in [5, 5.41) is 0. The van der Waals surface area contributed by atoms with Crippen LogP contribution in [-0.4, -0.2) is 11.6 Å². The van der Waals surface area contributed by atoms with E-state index < -0.39 is 0 Å². The molecule has 1 rings (SSSR count). The Labute approximate surface area is 98.1 Å². The van der Waals surface area contributed by atoms with Crippen LogP contribution in [0.25, 0.3) is 0 Å². The zero-order valence-electron chi connectivity index (χ0n) is 10.6. The number of allylic oxidation sites excluding steroid dienone is 2. The Morgan fingerprint density at radius 1 is 1.19 bits per heavy atom. The SMILES string of the molecule is C/C=C(\C)C(=O)CC(=O)C1(C)CCCCC1. The molecule has 0 bridgehead atoms. The van der Waals surface area contributed by atoms with Crippen molar-refractivity contribution in [3.63, 3.8) is 0 Å². The summed E-state index contributed by atoms with van der Waals surface area (Å²) in [6.45, 7) is 5.63. The molecule has 2 heteroatoms. The second kappa shape index (κ2) is 5.42. The molecule has 0 aliphatic heterocycles. The van der Waals surface area contributed by atoms with Gasteiger partial charge in [0.15, 0.2) is 5.78 Å². The highest BCUT2D eigenvalue weighted by Gasteiger charge is 2.34. The third-order valence-corrected chi connectivity index (χ3v) is 3.82. The molecule has 0 atom stereocenters. The third-order valence-electron chi connectivity index (χ3n) is 3.82. The molecule has 1 saturated carbocycles. The largest absolute Gasteiger partial charge is 0.299 e. The summed E-state index contributed by atoms with van der Waals surface area (Å²) in [4.78, 5) is 23.8. The third kappa shape index (κ3) is 3.03. The fourth-order valence-corrected chi connectivity index (χ4v) is 2.27. The smallest absolute Gasteiger partial charge is 0.165 e. The molecule has 0 aromatic carbocycles. The summed E-state index contributed by atoms with van der Waals surface area (Å²) in [6.07, 6.45) is 7.25. The van der Waals surface area contributed by atoms with Crippen LogP contribution in [0.15, 0.2) is 11.6 Å². The van der Waals surface area contributed by atoms with Crippen molar-refractivity contribution in [3.05, 3.63) is 11.6 Å². The second-order valence-electron chi connectivity index (χ2n) is 5.12. The molecule has 90 valence electrons. The van der Waals surface area contributed by atoms with Crippen LogP contribution in [0.4, 0.5) is 0 Å². The van der Waals surface area contributed by atoms with Crippen molar-refractivity contribution in [3.8, 4) is 0 Å². The van der Waals surface area contributed by atoms with E-state index in [2.05, 4.69) is 0 Å². The van der Waals surface area contributed by atoms with E-state index in [1.165, 1.54) is 6.42 Å². The zero-order valence-corrected chi connectivity index (χ0v) is 10.6. The Balaban J connectivity index is 2.61. The van der Waals surface area contributed by atoms with Gasteiger partial charge in [0.25, 0.3) is 0 Å². The number of hydrogen-bond acceptors (Lipinski definition) is 2. The molecule has 1 fully saturated rings. The van der Waals surface area contributed by atoms with Crippen molar-refractivity contribution in [2.75, 3.05) is 0 Å². The van der Waals surface area contributed by atoms with Crippen molar-refractivity contribution in [1.29, 1.82) is 0 Å². The van der Waals surface area contributed by atoms with Crippen LogP contribution in [0.5, 0.6) is 0 Å². The first-order valence-electron chi connectivity index (χ1n) is 6.19. The molecule has 1 aliphatic carbocycles. The predicted octanol–water partition coefficient (Wildman–Crippen LogP) is 3.45. The van der Waals surface area contributed by atoms with Gasteiger partial charge in [-0.25, -0.2) is 0 Å². The number of Topliss-reactive ketones (excluding diaryl/α,β-unsaturated/α-hetero) is 2. The maximum Gasteiger partial charge on any atom is 0.165 e. The van der Waals surface area contributed by atoms with Crippen molar-refractivity contribution < 1.29 is 9.59 Å². The minimum Gasteiger partial charge on any atom is -0.299 e. The van der Waals surface area contributed by atoms with Gasteiger partial charge in [0.2, 0.25) is 0 Å². The van der Waals surface area contributed by atoms with Gasteiger partial charge in [-0.1, -0.05) is 32.3 Å². The highest BCUT2D eigenvalue weighted by Crippen LogP contribution is 2.37. The minimum atomic E-state index is -0.234. The van der Waals surface area contributed by atoms with Crippen molar-refractivity contribution in [2.45, 2.75) is 59.3 Å². The van der Waals surface area contributed by atoms with Crippen LogP contribution in [0, 0.1) is 5.41 Å². The van der Waals surface area contributed by atoms with Gasteiger partial charge in [-0.2, -0.15) is 0 Å². The van der Waals surface area contributed by atoms with E-state index >= 15 is 0 Å². The molecule has 0 saturated heterocycles. The number of carbonyl (C=O) groups is 2. The van der Waals surface area contributed by atoms with Gasteiger partial charge >= 0.3 is 0 Å². The first-order valence-corrected chi connectivity index (χ1v) is 6.19. The topological polar surface area (TPSA) is 34.1 Å². The maximum atomic E-state index is 12.1. The summed E-state index contributed by atoms with van der Waals surface area (Å²) in [7, 11) is 0. The quantitative estimate of drug-likeness (QED) is 0.539. The average Bonchev–Trinajstić information content (AvgIpc) is 2.28. The first-order chi connectivity index (χ1) is 7.49. The lowest BCUT2D eigenvalue weighted by atomic mass is 9.71. The first kappa shape index (κ1) is 13.1. The Kier molecular flexibility index (Phi) is 4.45. The van der Waals surface area contributed by atoms with E-state index in [0.29, 0.717) is 5.57 Å². The normalized spacial score (nSPS) is 20.6. The predicted molar refractivity (Wildman–Crippen MR) is 65.3 cm³/mol. The summed E-state index contributed by atoms with van der Waals surface area (Å²) < 4.78 is 0. The van der Waals surface area contributed by atoms with Crippen LogP contribution >= 0.6 is 0 Å². The van der Waals surface area contributed by atoms with Crippen LogP contribution < -0.4 is 0 Å². The van der Waals surface area contributed by atoms with Gasteiger partial charge < -0.3 is 0 Å². The Bertz CT molecular complexity index is 307. The standard InChI is InChI=1S/C14H22O2/c1-4-11(2)12(15)10-13(16)14(3)8-6-5-7-9-14/h4H,5-10H2,1-3H3/b11-4+. The van der Waals surface area contributed by atoms with E-state index in [-0.39, 0.29) is 23.4 Å². The van der Waals surface area contributed by atoms with Crippen LogP contribution in [0.1, 0.15) is 59.3 Å². The summed E-state index contributed by atoms with van der Waals surface area (Å²) in [5.41, 5.74) is 0.467. The van der Waals surface area contributed by atoms with E-state index in [9.17, 15) is 9.59 Å². The van der Waals surface area contributed by atoms with E-state index in [4.69, 9.17) is 0 Å². The molecule has 0 aromatic heterocycles. The average molecular weight is 222 g/mol. The zero-order chi connectivity index (χ0) is 12.2.